The van der Waals surface area contributed by atoms with E-state index in [0.717, 1.165) is 0 Å². The van der Waals surface area contributed by atoms with Crippen LogP contribution in [0.25, 0.3) is 0 Å². The van der Waals surface area contributed by atoms with Crippen molar-refractivity contribution in [2.45, 2.75) is 0 Å². The molecule has 0 atom stereocenters. The molecule has 0 aromatic heterocycles. The van der Waals surface area contributed by atoms with Crippen molar-refractivity contribution < 1.29 is 0 Å². The predicted octanol–water partition coefficient (Wildman–Crippen LogP) is 6.46. The lowest BCUT2D eigenvalue weighted by atomic mass is 10.3. The third kappa shape index (κ3) is 4.96. The van der Waals surface area contributed by atoms with Gasteiger partial charge in [0.15, 0.2) is 0 Å². The van der Waals surface area contributed by atoms with Gasteiger partial charge < -0.3 is 11.5 Å². The molecule has 0 unspecified atom stereocenters. The third-order valence-electron chi connectivity index (χ3n) is 2.09. The third-order valence-corrected chi connectivity index (χ3v) is 3.77. The second kappa shape index (κ2) is 7.69. The molecule has 0 heterocycles. The lowest BCUT2D eigenvalue weighted by Gasteiger charge is -1.99. The van der Waals surface area contributed by atoms with Crippen LogP contribution in [0.3, 0.4) is 0 Å². The van der Waals surface area contributed by atoms with Crippen LogP contribution in [0.2, 0.25) is 30.1 Å². The number of hydrogen-bond acceptors (Lipinski definition) is 2. The molecule has 2 nitrogen and oxygen atoms in total. The Labute approximate surface area is 146 Å². The largest absolute Gasteiger partial charge is 0.396 e. The summed E-state index contributed by atoms with van der Waals surface area (Å²) in [6.07, 6.45) is 0. The topological polar surface area (TPSA) is 52.0 Å². The maximum absolute atomic E-state index is 5.63. The van der Waals surface area contributed by atoms with Gasteiger partial charge in [-0.25, -0.2) is 0 Å². The van der Waals surface area contributed by atoms with Crippen molar-refractivity contribution in [3.8, 4) is 0 Å². The molecule has 8 heteroatoms. The first-order chi connectivity index (χ1) is 9.22. The van der Waals surface area contributed by atoms with E-state index in [1.54, 1.807) is 24.3 Å². The van der Waals surface area contributed by atoms with Gasteiger partial charge in [0.2, 0.25) is 0 Å². The number of anilines is 2. The van der Waals surface area contributed by atoms with Crippen LogP contribution < -0.4 is 11.5 Å². The van der Waals surface area contributed by atoms with Crippen LogP contribution >= 0.6 is 69.6 Å². The molecule has 2 aromatic carbocycles. The second-order valence-electron chi connectivity index (χ2n) is 3.57. The molecule has 0 spiro atoms. The van der Waals surface area contributed by atoms with Crippen molar-refractivity contribution in [3.63, 3.8) is 0 Å². The summed E-state index contributed by atoms with van der Waals surface area (Å²) < 4.78 is 0. The van der Waals surface area contributed by atoms with Crippen LogP contribution in [0.5, 0.6) is 0 Å². The van der Waals surface area contributed by atoms with Gasteiger partial charge in [-0.15, -0.1) is 0 Å². The number of rotatable bonds is 0. The van der Waals surface area contributed by atoms with Crippen molar-refractivity contribution in [2.75, 3.05) is 11.5 Å². The summed E-state index contributed by atoms with van der Waals surface area (Å²) in [6.45, 7) is 0. The minimum atomic E-state index is 0.368. The normalized spacial score (nSPS) is 9.90. The van der Waals surface area contributed by atoms with Crippen molar-refractivity contribution in [1.29, 1.82) is 0 Å². The second-order valence-corrected chi connectivity index (χ2v) is 6.07. The van der Waals surface area contributed by atoms with E-state index in [-0.39, 0.29) is 0 Å². The molecule has 0 aliphatic carbocycles. The molecule has 108 valence electrons. The molecular formula is C12H8Cl6N2. The molecule has 2 aromatic rings. The molecule has 0 amide bonds. The number of benzene rings is 2. The lowest BCUT2D eigenvalue weighted by Crippen LogP contribution is -1.86. The van der Waals surface area contributed by atoms with Crippen molar-refractivity contribution in [2.24, 2.45) is 0 Å². The van der Waals surface area contributed by atoms with Crippen LogP contribution in [-0.4, -0.2) is 0 Å². The Balaban J connectivity index is 0.000000200. The van der Waals surface area contributed by atoms with Gasteiger partial charge in [0.05, 0.1) is 31.5 Å². The molecule has 0 fully saturated rings. The van der Waals surface area contributed by atoms with Crippen LogP contribution in [0.15, 0.2) is 24.3 Å². The Kier molecular flexibility index (Phi) is 6.86. The predicted molar refractivity (Wildman–Crippen MR) is 91.8 cm³/mol. The molecule has 4 N–H and O–H groups in total. The van der Waals surface area contributed by atoms with Gasteiger partial charge in [0.25, 0.3) is 0 Å². The smallest absolute Gasteiger partial charge is 0.0693 e. The zero-order valence-electron chi connectivity index (χ0n) is 9.73. The maximum Gasteiger partial charge on any atom is 0.0693 e. The van der Waals surface area contributed by atoms with Crippen molar-refractivity contribution >= 4 is 81.0 Å². The van der Waals surface area contributed by atoms with Gasteiger partial charge >= 0.3 is 0 Å². The standard InChI is InChI=1S/2C6H4Cl3N/c2*7-3-1-4(8)6(10)5(9)2-3/h2*1-2H,10H2. The molecule has 0 saturated carbocycles. The first kappa shape index (κ1) is 17.8. The van der Waals surface area contributed by atoms with E-state index in [9.17, 15) is 0 Å². The van der Waals surface area contributed by atoms with Crippen molar-refractivity contribution in [1.82, 2.24) is 0 Å². The van der Waals surface area contributed by atoms with Crippen LogP contribution in [0.1, 0.15) is 0 Å². The van der Waals surface area contributed by atoms with Crippen LogP contribution in [-0.2, 0) is 0 Å². The van der Waals surface area contributed by atoms with Gasteiger partial charge in [-0.2, -0.15) is 0 Å². The monoisotopic (exact) mass is 390 g/mol. The number of halogens is 6. The lowest BCUT2D eigenvalue weighted by molar-refractivity contribution is 1.68. The number of nitrogen functional groups attached to an aromatic ring is 2. The van der Waals surface area contributed by atoms with E-state index in [4.69, 9.17) is 81.1 Å². The van der Waals surface area contributed by atoms with E-state index in [0.29, 0.717) is 41.5 Å². The summed E-state index contributed by atoms with van der Waals surface area (Å²) in [4.78, 5) is 0. The Bertz CT molecular complexity index is 528. The molecule has 0 saturated heterocycles. The summed E-state index contributed by atoms with van der Waals surface area (Å²) in [7, 11) is 0. The van der Waals surface area contributed by atoms with E-state index >= 15 is 0 Å². The number of hydrogen-bond donors (Lipinski definition) is 2. The Hall–Kier alpha value is -0.220. The minimum Gasteiger partial charge on any atom is -0.396 e. The van der Waals surface area contributed by atoms with Crippen LogP contribution in [0.4, 0.5) is 11.4 Å². The summed E-state index contributed by atoms with van der Waals surface area (Å²) >= 11 is 33.7. The highest BCUT2D eigenvalue weighted by atomic mass is 35.5. The van der Waals surface area contributed by atoms with E-state index in [2.05, 4.69) is 0 Å². The summed E-state index contributed by atoms with van der Waals surface area (Å²) in [5.41, 5.74) is 11.6. The van der Waals surface area contributed by atoms with Gasteiger partial charge in [-0.1, -0.05) is 69.6 Å². The Morgan fingerprint density at radius 2 is 0.700 bits per heavy atom. The molecule has 2 rings (SSSR count). The van der Waals surface area contributed by atoms with Crippen molar-refractivity contribution in [3.05, 3.63) is 54.4 Å². The molecule has 20 heavy (non-hydrogen) atoms. The molecule has 0 radical (unpaired) electrons. The Morgan fingerprint density at radius 1 is 0.500 bits per heavy atom. The fraction of sp³-hybridized carbons (Fsp3) is 0. The van der Waals surface area contributed by atoms with E-state index < -0.39 is 0 Å². The quantitative estimate of drug-likeness (QED) is 0.505. The SMILES string of the molecule is Nc1c(Cl)cc(Cl)cc1Cl.Nc1c(Cl)cc(Cl)cc1Cl. The highest BCUT2D eigenvalue weighted by molar-refractivity contribution is 6.42. The Morgan fingerprint density at radius 3 is 0.900 bits per heavy atom. The summed E-state index contributed by atoms with van der Waals surface area (Å²) in [5, 5.41) is 2.53. The summed E-state index contributed by atoms with van der Waals surface area (Å²) in [5.74, 6) is 0. The van der Waals surface area contributed by atoms with Crippen LogP contribution in [0, 0.1) is 0 Å². The minimum absolute atomic E-state index is 0.368. The molecule has 0 aliphatic rings. The average Bonchev–Trinajstić information content (AvgIpc) is 2.33. The zero-order valence-corrected chi connectivity index (χ0v) is 14.3. The van der Waals surface area contributed by atoms with E-state index in [1.807, 2.05) is 0 Å². The highest BCUT2D eigenvalue weighted by Crippen LogP contribution is 2.31. The fourth-order valence-electron chi connectivity index (χ4n) is 1.11. The first-order valence-corrected chi connectivity index (χ1v) is 7.29. The maximum atomic E-state index is 5.63. The molecular weight excluding hydrogens is 385 g/mol. The van der Waals surface area contributed by atoms with Gasteiger partial charge in [0, 0.05) is 10.0 Å². The summed E-state index contributed by atoms with van der Waals surface area (Å²) in [6, 6.07) is 6.18. The van der Waals surface area contributed by atoms with Gasteiger partial charge in [0.1, 0.15) is 0 Å². The average molecular weight is 393 g/mol. The zero-order chi connectivity index (χ0) is 15.4. The highest BCUT2D eigenvalue weighted by Gasteiger charge is 2.02. The first-order valence-electron chi connectivity index (χ1n) is 5.02. The van der Waals surface area contributed by atoms with Gasteiger partial charge in [-0.3, -0.25) is 0 Å². The fourth-order valence-corrected chi connectivity index (χ4v) is 2.74. The van der Waals surface area contributed by atoms with Gasteiger partial charge in [-0.05, 0) is 24.3 Å². The van der Waals surface area contributed by atoms with E-state index in [1.165, 1.54) is 0 Å². The number of nitrogens with two attached hydrogens (primary N) is 2. The molecule has 0 bridgehead atoms. The molecule has 0 aliphatic heterocycles.